The summed E-state index contributed by atoms with van der Waals surface area (Å²) in [5, 5.41) is 30.5. The molecule has 2 aromatic carbocycles. The highest BCUT2D eigenvalue weighted by Crippen LogP contribution is 2.27. The first kappa shape index (κ1) is 20.0. The Morgan fingerprint density at radius 1 is 1.19 bits per heavy atom. The summed E-state index contributed by atoms with van der Waals surface area (Å²) in [5.74, 6) is 1.04. The first-order valence-corrected chi connectivity index (χ1v) is 7.97. The number of benzene rings is 2. The van der Waals surface area contributed by atoms with Gasteiger partial charge >= 0.3 is 6.09 Å². The molecular weight excluding hydrogens is 356 g/mol. The number of rotatable bonds is 8. The molecule has 1 amide bonds. The zero-order chi connectivity index (χ0) is 20.0. The normalized spacial score (nSPS) is 11.5. The van der Waals surface area contributed by atoms with Gasteiger partial charge in [-0.3, -0.25) is 10.1 Å². The molecule has 0 saturated carbocycles. The number of amides is 1. The summed E-state index contributed by atoms with van der Waals surface area (Å²) in [6.45, 7) is -0.213. The molecule has 2 aromatic rings. The number of non-ortho nitro benzene ring substituents is 1. The van der Waals surface area contributed by atoms with E-state index in [9.17, 15) is 25.1 Å². The second kappa shape index (κ2) is 8.86. The van der Waals surface area contributed by atoms with Crippen molar-refractivity contribution in [2.45, 2.75) is 12.6 Å². The van der Waals surface area contributed by atoms with E-state index in [2.05, 4.69) is 0 Å². The Balaban J connectivity index is 2.15. The van der Waals surface area contributed by atoms with E-state index in [4.69, 9.17) is 9.47 Å². The molecule has 9 heteroatoms. The van der Waals surface area contributed by atoms with Crippen LogP contribution >= 0.6 is 0 Å². The molecule has 0 bridgehead atoms. The largest absolute Gasteiger partial charge is 0.497 e. The lowest BCUT2D eigenvalue weighted by Gasteiger charge is -2.23. The lowest BCUT2D eigenvalue weighted by Crippen LogP contribution is -2.33. The number of hydrogen-bond donors (Lipinski definition) is 2. The van der Waals surface area contributed by atoms with Crippen LogP contribution in [0, 0.1) is 10.1 Å². The molecule has 0 aromatic heterocycles. The van der Waals surface area contributed by atoms with Gasteiger partial charge in [-0.2, -0.15) is 0 Å². The standard InChI is InChI=1S/C18H20N2O7/c1-26-15-8-5-13(17(9-15)27-2)10-19(18(22)23)11-16(21)12-3-6-14(7-4-12)20(24)25/h3-9,16,21H,10-11H2,1-2H3,(H,22,23). The molecule has 9 nitrogen and oxygen atoms in total. The maximum atomic E-state index is 11.6. The SMILES string of the molecule is COc1ccc(CN(CC(O)c2ccc([N+](=O)[O-])cc2)C(=O)O)c(OC)c1. The van der Waals surface area contributed by atoms with Crippen LogP contribution in [0.3, 0.4) is 0 Å². The van der Waals surface area contributed by atoms with Crippen LogP contribution < -0.4 is 9.47 Å². The molecule has 0 aliphatic carbocycles. The van der Waals surface area contributed by atoms with Gasteiger partial charge in [0.15, 0.2) is 0 Å². The molecule has 2 rings (SSSR count). The minimum absolute atomic E-state index is 0.00740. The van der Waals surface area contributed by atoms with Gasteiger partial charge in [0.2, 0.25) is 0 Å². The minimum Gasteiger partial charge on any atom is -0.497 e. The molecule has 0 aliphatic rings. The molecule has 0 fully saturated rings. The average molecular weight is 376 g/mol. The quantitative estimate of drug-likeness (QED) is 0.536. The summed E-state index contributed by atoms with van der Waals surface area (Å²) in [7, 11) is 2.98. The zero-order valence-corrected chi connectivity index (χ0v) is 14.9. The van der Waals surface area contributed by atoms with E-state index >= 15 is 0 Å². The van der Waals surface area contributed by atoms with E-state index in [1.165, 1.54) is 38.5 Å². The molecule has 0 radical (unpaired) electrons. The third-order valence-electron chi connectivity index (χ3n) is 4.01. The van der Waals surface area contributed by atoms with Gasteiger partial charge in [-0.25, -0.2) is 4.79 Å². The molecule has 0 spiro atoms. The molecule has 27 heavy (non-hydrogen) atoms. The highest BCUT2D eigenvalue weighted by Gasteiger charge is 2.20. The summed E-state index contributed by atoms with van der Waals surface area (Å²) in [6.07, 6.45) is -2.35. The minimum atomic E-state index is -1.21. The van der Waals surface area contributed by atoms with E-state index in [0.717, 1.165) is 4.90 Å². The van der Waals surface area contributed by atoms with Gasteiger partial charge in [0.1, 0.15) is 11.5 Å². The first-order chi connectivity index (χ1) is 12.8. The summed E-state index contributed by atoms with van der Waals surface area (Å²) in [4.78, 5) is 22.8. The second-order valence-electron chi connectivity index (χ2n) is 5.71. The lowest BCUT2D eigenvalue weighted by molar-refractivity contribution is -0.384. The number of nitro benzene ring substituents is 1. The summed E-state index contributed by atoms with van der Waals surface area (Å²) >= 11 is 0. The van der Waals surface area contributed by atoms with E-state index in [-0.39, 0.29) is 18.8 Å². The number of nitro groups is 1. The number of carboxylic acid groups (broad SMARTS) is 1. The molecule has 0 saturated heterocycles. The number of aliphatic hydroxyl groups excluding tert-OH is 1. The van der Waals surface area contributed by atoms with Gasteiger partial charge in [-0.1, -0.05) is 0 Å². The van der Waals surface area contributed by atoms with Crippen molar-refractivity contribution in [1.29, 1.82) is 0 Å². The van der Waals surface area contributed by atoms with Crippen LogP contribution in [0.2, 0.25) is 0 Å². The Labute approximate surface area is 155 Å². The number of methoxy groups -OCH3 is 2. The Hall–Kier alpha value is -3.33. The second-order valence-corrected chi connectivity index (χ2v) is 5.71. The molecule has 2 N–H and O–H groups in total. The maximum absolute atomic E-state index is 11.6. The van der Waals surface area contributed by atoms with Crippen molar-refractivity contribution in [3.05, 3.63) is 63.7 Å². The van der Waals surface area contributed by atoms with E-state index in [1.54, 1.807) is 18.2 Å². The topological polar surface area (TPSA) is 122 Å². The molecule has 0 heterocycles. The molecule has 1 atom stereocenters. The number of aliphatic hydroxyl groups is 1. The predicted octanol–water partition coefficient (Wildman–Crippen LogP) is 2.83. The van der Waals surface area contributed by atoms with Crippen molar-refractivity contribution in [3.8, 4) is 11.5 Å². The van der Waals surface area contributed by atoms with Gasteiger partial charge in [0.25, 0.3) is 5.69 Å². The molecule has 1 unspecified atom stereocenters. The highest BCUT2D eigenvalue weighted by atomic mass is 16.6. The van der Waals surface area contributed by atoms with Gasteiger partial charge in [-0.05, 0) is 29.8 Å². The summed E-state index contributed by atoms with van der Waals surface area (Å²) in [5.41, 5.74) is 0.883. The maximum Gasteiger partial charge on any atom is 0.407 e. The number of nitrogens with zero attached hydrogens (tertiary/aromatic N) is 2. The van der Waals surface area contributed by atoms with Crippen molar-refractivity contribution >= 4 is 11.8 Å². The molecule has 144 valence electrons. The van der Waals surface area contributed by atoms with E-state index < -0.39 is 17.1 Å². The fourth-order valence-electron chi connectivity index (χ4n) is 2.53. The predicted molar refractivity (Wildman–Crippen MR) is 96.0 cm³/mol. The van der Waals surface area contributed by atoms with Crippen LogP contribution in [-0.4, -0.2) is 46.9 Å². The van der Waals surface area contributed by atoms with Crippen LogP contribution in [0.1, 0.15) is 17.2 Å². The monoisotopic (exact) mass is 376 g/mol. The van der Waals surface area contributed by atoms with Crippen LogP contribution in [0.5, 0.6) is 11.5 Å². The Morgan fingerprint density at radius 2 is 1.85 bits per heavy atom. The van der Waals surface area contributed by atoms with Crippen molar-refractivity contribution in [2.24, 2.45) is 0 Å². The molecular formula is C18H20N2O7. The van der Waals surface area contributed by atoms with Gasteiger partial charge in [0, 0.05) is 23.8 Å². The summed E-state index contributed by atoms with van der Waals surface area (Å²) < 4.78 is 10.4. The molecule has 0 aliphatic heterocycles. The Kier molecular flexibility index (Phi) is 6.56. The van der Waals surface area contributed by atoms with Crippen LogP contribution in [0.4, 0.5) is 10.5 Å². The van der Waals surface area contributed by atoms with Crippen molar-refractivity contribution < 1.29 is 29.4 Å². The van der Waals surface area contributed by atoms with Crippen LogP contribution in [0.15, 0.2) is 42.5 Å². The van der Waals surface area contributed by atoms with Crippen LogP contribution in [0.25, 0.3) is 0 Å². The number of hydrogen-bond acceptors (Lipinski definition) is 6. The summed E-state index contributed by atoms with van der Waals surface area (Å²) in [6, 6.07) is 10.3. The van der Waals surface area contributed by atoms with Gasteiger partial charge in [-0.15, -0.1) is 0 Å². The fraction of sp³-hybridized carbons (Fsp3) is 0.278. The zero-order valence-electron chi connectivity index (χ0n) is 14.9. The van der Waals surface area contributed by atoms with Gasteiger partial charge in [0.05, 0.1) is 38.3 Å². The smallest absolute Gasteiger partial charge is 0.407 e. The van der Waals surface area contributed by atoms with E-state index in [0.29, 0.717) is 22.6 Å². The van der Waals surface area contributed by atoms with Crippen LogP contribution in [-0.2, 0) is 6.54 Å². The number of ether oxygens (including phenoxy) is 2. The van der Waals surface area contributed by atoms with E-state index in [1.807, 2.05) is 0 Å². The van der Waals surface area contributed by atoms with Gasteiger partial charge < -0.3 is 24.6 Å². The number of carbonyl (C=O) groups is 1. The lowest BCUT2D eigenvalue weighted by atomic mass is 10.1. The average Bonchev–Trinajstić information content (AvgIpc) is 2.67. The third kappa shape index (κ3) is 5.08. The Bertz CT molecular complexity index is 808. The van der Waals surface area contributed by atoms with Crippen molar-refractivity contribution in [2.75, 3.05) is 20.8 Å². The fourth-order valence-corrected chi connectivity index (χ4v) is 2.53. The first-order valence-electron chi connectivity index (χ1n) is 7.97. The van der Waals surface area contributed by atoms with Crippen molar-refractivity contribution in [1.82, 2.24) is 4.90 Å². The highest BCUT2D eigenvalue weighted by molar-refractivity contribution is 5.65. The Morgan fingerprint density at radius 3 is 2.37 bits per heavy atom. The third-order valence-corrected chi connectivity index (χ3v) is 4.01. The van der Waals surface area contributed by atoms with Crippen molar-refractivity contribution in [3.63, 3.8) is 0 Å².